The van der Waals surface area contributed by atoms with E-state index in [0.29, 0.717) is 5.56 Å². The van der Waals surface area contributed by atoms with Crippen LogP contribution in [0.1, 0.15) is 38.7 Å². The number of likely N-dealkylation sites (tertiary alicyclic amines) is 1. The Balaban J connectivity index is 2.32. The summed E-state index contributed by atoms with van der Waals surface area (Å²) in [4.78, 5) is 122. The Labute approximate surface area is 320 Å². The maximum absolute atomic E-state index is 13.8. The molecule has 56 heavy (non-hydrogen) atoms. The van der Waals surface area contributed by atoms with Gasteiger partial charge in [0.2, 0.25) is 41.4 Å². The number of nitrogens with one attached hydrogen (secondary N) is 5. The van der Waals surface area contributed by atoms with Gasteiger partial charge in [0.05, 0.1) is 37.9 Å². The molecule has 0 bridgehead atoms. The molecule has 7 amide bonds. The molecule has 0 unspecified atom stereocenters. The van der Waals surface area contributed by atoms with Crippen LogP contribution in [-0.4, -0.2) is 152 Å². The number of carbonyl (C=O) groups is 8. The van der Waals surface area contributed by atoms with Gasteiger partial charge >= 0.3 is 7.82 Å². The van der Waals surface area contributed by atoms with Crippen LogP contribution in [0.3, 0.4) is 0 Å². The number of phosphoric ester groups is 1. The molecule has 23 nitrogen and oxygen atoms in total. The summed E-state index contributed by atoms with van der Waals surface area (Å²) in [5, 5.41) is 41.1. The lowest BCUT2D eigenvalue weighted by Gasteiger charge is -2.31. The van der Waals surface area contributed by atoms with E-state index in [4.69, 9.17) is 16.6 Å². The third-order valence-corrected chi connectivity index (χ3v) is 8.84. The summed E-state index contributed by atoms with van der Waals surface area (Å²) >= 11 is 0. The standard InChI is InChI=1S/C32H49N8O15P/c1-16(43)25(38-27(46)20(33)14-42)31(50)37-22(15-55-56(52,53)54)32(51)40-10-6-9-23(40)29(48)39-26(17(2)44)30(49)36-21(11-18-7-4-3-5-8-18)28(47)35-19(13-41)12-24(34)45/h3-5,7-8,13,16-17,19-23,25-26,42-44H,6,9-12,14-15,33H2,1-2H3,(H2,34,45)(H,35,47)(H,36,49)(H,37,50)(H,38,46)(H,39,48)(H2,52,53,54)/t16-,17-,19+,20+,21+,22+,23+,25+,26+/m1/s1. The zero-order chi connectivity index (χ0) is 42.3. The van der Waals surface area contributed by atoms with Gasteiger partial charge in [0, 0.05) is 13.0 Å². The minimum atomic E-state index is -5.25. The van der Waals surface area contributed by atoms with Gasteiger partial charge in [-0.15, -0.1) is 0 Å². The number of aliphatic hydroxyl groups excluding tert-OH is 3. The second-order valence-corrected chi connectivity index (χ2v) is 14.2. The predicted molar refractivity (Wildman–Crippen MR) is 191 cm³/mol. The zero-order valence-electron chi connectivity index (χ0n) is 30.5. The molecule has 1 saturated heterocycles. The summed E-state index contributed by atoms with van der Waals surface area (Å²) in [6.07, 6.45) is -3.44. The summed E-state index contributed by atoms with van der Waals surface area (Å²) < 4.78 is 16.0. The Morgan fingerprint density at radius 2 is 1.46 bits per heavy atom. The van der Waals surface area contributed by atoms with Gasteiger partial charge < -0.3 is 72.9 Å². The predicted octanol–water partition coefficient (Wildman–Crippen LogP) is -6.09. The first-order valence-corrected chi connectivity index (χ1v) is 18.7. The maximum atomic E-state index is 13.8. The first kappa shape index (κ1) is 47.3. The molecule has 0 saturated carbocycles. The molecule has 1 aliphatic heterocycles. The fourth-order valence-corrected chi connectivity index (χ4v) is 5.81. The van der Waals surface area contributed by atoms with Crippen molar-refractivity contribution in [3.63, 3.8) is 0 Å². The highest BCUT2D eigenvalue weighted by atomic mass is 31.2. The van der Waals surface area contributed by atoms with E-state index < -0.39 is 123 Å². The topological polar surface area (TPSA) is 379 Å². The summed E-state index contributed by atoms with van der Waals surface area (Å²) in [7, 11) is -5.25. The first-order chi connectivity index (χ1) is 26.2. The highest BCUT2D eigenvalue weighted by Gasteiger charge is 2.41. The molecule has 14 N–H and O–H groups in total. The fourth-order valence-electron chi connectivity index (χ4n) is 5.47. The number of benzene rings is 1. The minimum Gasteiger partial charge on any atom is -0.394 e. The highest BCUT2D eigenvalue weighted by Crippen LogP contribution is 2.36. The molecule has 0 spiro atoms. The normalized spacial score (nSPS) is 18.4. The van der Waals surface area contributed by atoms with Crippen LogP contribution >= 0.6 is 7.82 Å². The van der Waals surface area contributed by atoms with Gasteiger partial charge in [-0.25, -0.2) is 4.57 Å². The minimum absolute atomic E-state index is 0.0247. The van der Waals surface area contributed by atoms with Gasteiger partial charge in [0.1, 0.15) is 42.5 Å². The van der Waals surface area contributed by atoms with Crippen molar-refractivity contribution in [3.05, 3.63) is 35.9 Å². The first-order valence-electron chi connectivity index (χ1n) is 17.2. The Morgan fingerprint density at radius 1 is 0.893 bits per heavy atom. The average molecular weight is 817 g/mol. The second kappa shape index (κ2) is 22.0. The molecular formula is C32H49N8O15P. The Bertz CT molecular complexity index is 1610. The number of primary amides is 1. The molecule has 24 heteroatoms. The van der Waals surface area contributed by atoms with Crippen LogP contribution < -0.4 is 38.1 Å². The van der Waals surface area contributed by atoms with E-state index in [9.17, 15) is 62.9 Å². The number of hydrogen-bond acceptors (Lipinski definition) is 14. The molecule has 1 aromatic carbocycles. The van der Waals surface area contributed by atoms with E-state index in [-0.39, 0.29) is 32.1 Å². The largest absolute Gasteiger partial charge is 0.469 e. The molecular weight excluding hydrogens is 767 g/mol. The average Bonchev–Trinajstić information content (AvgIpc) is 3.63. The van der Waals surface area contributed by atoms with Gasteiger partial charge in [-0.05, 0) is 32.3 Å². The van der Waals surface area contributed by atoms with Crippen molar-refractivity contribution in [2.24, 2.45) is 11.5 Å². The molecule has 1 heterocycles. The molecule has 1 aromatic rings. The third kappa shape index (κ3) is 15.0. The summed E-state index contributed by atoms with van der Waals surface area (Å²) in [5.74, 6) is -7.24. The Kier molecular flexibility index (Phi) is 18.6. The lowest BCUT2D eigenvalue weighted by atomic mass is 10.0. The number of rotatable bonds is 22. The van der Waals surface area contributed by atoms with Crippen LogP contribution in [0.2, 0.25) is 0 Å². The van der Waals surface area contributed by atoms with Crippen molar-refractivity contribution in [2.75, 3.05) is 19.8 Å². The number of aldehydes is 1. The van der Waals surface area contributed by atoms with Crippen molar-refractivity contribution in [1.29, 1.82) is 0 Å². The molecule has 312 valence electrons. The zero-order valence-corrected chi connectivity index (χ0v) is 31.4. The number of aliphatic hydroxyl groups is 3. The molecule has 0 aromatic heterocycles. The van der Waals surface area contributed by atoms with Crippen molar-refractivity contribution in [3.8, 4) is 0 Å². The van der Waals surface area contributed by atoms with Crippen molar-refractivity contribution < 1.29 is 72.6 Å². The molecule has 2 rings (SSSR count). The molecule has 9 atom stereocenters. The van der Waals surface area contributed by atoms with E-state index in [1.165, 1.54) is 0 Å². The van der Waals surface area contributed by atoms with Gasteiger partial charge in [-0.2, -0.15) is 0 Å². The number of nitrogens with two attached hydrogens (primary N) is 2. The molecule has 1 aliphatic rings. The molecule has 0 aliphatic carbocycles. The van der Waals surface area contributed by atoms with E-state index >= 15 is 0 Å². The Hall–Kier alpha value is -4.87. The SMILES string of the molecule is C[C@@H](O)[C@H](NC(=O)[C@@H](N)CO)C(=O)N[C@@H](COP(=O)(O)O)C(=O)N1CCC[C@H]1C(=O)N[C@H](C(=O)N[C@@H](Cc1ccccc1)C(=O)N[C@H](C=O)CC(N)=O)[C@@H](C)O. The van der Waals surface area contributed by atoms with E-state index in [2.05, 4.69) is 31.1 Å². The maximum Gasteiger partial charge on any atom is 0.469 e. The fraction of sp³-hybridized carbons (Fsp3) is 0.562. The van der Waals surface area contributed by atoms with Crippen LogP contribution in [0.4, 0.5) is 0 Å². The van der Waals surface area contributed by atoms with Crippen molar-refractivity contribution in [1.82, 2.24) is 31.5 Å². The smallest absolute Gasteiger partial charge is 0.394 e. The van der Waals surface area contributed by atoms with Gasteiger partial charge in [-0.1, -0.05) is 30.3 Å². The summed E-state index contributed by atoms with van der Waals surface area (Å²) in [5.41, 5.74) is 11.2. The van der Waals surface area contributed by atoms with Crippen LogP contribution in [0.5, 0.6) is 0 Å². The number of phosphoric acid groups is 1. The quantitative estimate of drug-likeness (QED) is 0.0383. The Morgan fingerprint density at radius 3 is 1.98 bits per heavy atom. The van der Waals surface area contributed by atoms with E-state index in [0.717, 1.165) is 18.7 Å². The van der Waals surface area contributed by atoms with E-state index in [1.807, 2.05) is 0 Å². The number of hydrogen-bond donors (Lipinski definition) is 12. The second-order valence-electron chi connectivity index (χ2n) is 13.0. The highest BCUT2D eigenvalue weighted by molar-refractivity contribution is 7.46. The number of amides is 7. The summed E-state index contributed by atoms with van der Waals surface area (Å²) in [6, 6.07) is -2.76. The summed E-state index contributed by atoms with van der Waals surface area (Å²) in [6.45, 7) is 0.131. The van der Waals surface area contributed by atoms with Gasteiger partial charge in [0.15, 0.2) is 0 Å². The van der Waals surface area contributed by atoms with Gasteiger partial charge in [0.25, 0.3) is 0 Å². The third-order valence-electron chi connectivity index (χ3n) is 8.35. The van der Waals surface area contributed by atoms with Crippen LogP contribution in [0, 0.1) is 0 Å². The van der Waals surface area contributed by atoms with Crippen LogP contribution in [-0.2, 0) is 53.9 Å². The number of carbonyl (C=O) groups excluding carboxylic acids is 8. The number of nitrogens with zero attached hydrogens (tertiary/aromatic N) is 1. The van der Waals surface area contributed by atoms with Crippen LogP contribution in [0.25, 0.3) is 0 Å². The lowest BCUT2D eigenvalue weighted by molar-refractivity contribution is -0.144. The lowest BCUT2D eigenvalue weighted by Crippen LogP contribution is -2.62. The van der Waals surface area contributed by atoms with Gasteiger partial charge in [-0.3, -0.25) is 38.1 Å². The monoisotopic (exact) mass is 816 g/mol. The van der Waals surface area contributed by atoms with E-state index in [1.54, 1.807) is 30.3 Å². The van der Waals surface area contributed by atoms with Crippen molar-refractivity contribution in [2.45, 2.75) is 94.0 Å². The molecule has 1 fully saturated rings. The van der Waals surface area contributed by atoms with Crippen LogP contribution in [0.15, 0.2) is 30.3 Å². The van der Waals surface area contributed by atoms with Crippen molar-refractivity contribution >= 4 is 55.5 Å². The molecule has 0 radical (unpaired) electrons.